The highest BCUT2D eigenvalue weighted by Gasteiger charge is 2.58. The third-order valence-corrected chi connectivity index (χ3v) is 12.2. The summed E-state index contributed by atoms with van der Waals surface area (Å²) in [4.78, 5) is 30.5. The summed E-state index contributed by atoms with van der Waals surface area (Å²) in [5.41, 5.74) is 2.85. The molecule has 0 aliphatic carbocycles. The van der Waals surface area contributed by atoms with Gasteiger partial charge in [-0.15, -0.1) is 11.3 Å². The number of benzene rings is 1. The molecule has 4 atom stereocenters. The zero-order valence-electron chi connectivity index (χ0n) is 24.1. The maximum Gasteiger partial charge on any atom is 0.235 e. The van der Waals surface area contributed by atoms with Gasteiger partial charge in [0, 0.05) is 18.1 Å². The van der Waals surface area contributed by atoms with Gasteiger partial charge in [-0.25, -0.2) is 4.98 Å². The highest BCUT2D eigenvalue weighted by molar-refractivity contribution is 8.01. The van der Waals surface area contributed by atoms with Crippen LogP contribution in [-0.2, 0) is 16.0 Å². The van der Waals surface area contributed by atoms with Crippen molar-refractivity contribution in [3.63, 3.8) is 0 Å². The molecule has 5 aliphatic heterocycles. The van der Waals surface area contributed by atoms with Crippen molar-refractivity contribution in [2.24, 2.45) is 11.8 Å². The van der Waals surface area contributed by atoms with E-state index < -0.39 is 18.0 Å². The first-order chi connectivity index (χ1) is 19.7. The van der Waals surface area contributed by atoms with Crippen LogP contribution in [0, 0.1) is 11.8 Å². The predicted octanol–water partition coefficient (Wildman–Crippen LogP) is -1.99. The quantitative estimate of drug-likeness (QED) is 0.167. The van der Waals surface area contributed by atoms with Gasteiger partial charge in [0.2, 0.25) is 5.91 Å². The summed E-state index contributed by atoms with van der Waals surface area (Å²) < 4.78 is 4.44. The van der Waals surface area contributed by atoms with Crippen molar-refractivity contribution in [3.8, 4) is 0 Å². The number of carboxylic acid groups (broad SMARTS) is 1. The molecule has 2 aromatic rings. The molecular formula is C30H39ClN4O5S2. The van der Waals surface area contributed by atoms with E-state index in [1.807, 2.05) is 13.0 Å². The van der Waals surface area contributed by atoms with Gasteiger partial charge in [-0.2, -0.15) is 0 Å². The number of rotatable bonds is 11. The molecule has 12 heteroatoms. The van der Waals surface area contributed by atoms with Crippen LogP contribution in [0.15, 0.2) is 46.0 Å². The minimum atomic E-state index is -1.36. The number of allylic oxidation sites excluding steroid dienone is 1. The number of aliphatic hydroxyl groups excluding tert-OH is 2. The number of carbonyl (C=O) groups excluding carboxylic acids is 2. The number of quaternary nitrogens is 2. The summed E-state index contributed by atoms with van der Waals surface area (Å²) in [6.07, 6.45) is 3.94. The Labute approximate surface area is 261 Å². The van der Waals surface area contributed by atoms with Crippen molar-refractivity contribution in [2.75, 3.05) is 64.7 Å². The lowest BCUT2D eigenvalue weighted by Crippen LogP contribution is -3.00. The number of hydrogen-bond acceptors (Lipinski definition) is 8. The van der Waals surface area contributed by atoms with Crippen LogP contribution in [0.4, 0.5) is 0 Å². The van der Waals surface area contributed by atoms with E-state index in [2.05, 4.69) is 18.2 Å². The number of halogens is 1. The third-order valence-electron chi connectivity index (χ3n) is 10.0. The molecule has 9 nitrogen and oxygen atoms in total. The number of carbonyl (C=O) groups is 2. The average Bonchev–Trinajstić information content (AvgIpc) is 3.46. The number of aromatic nitrogens is 1. The Morgan fingerprint density at radius 1 is 1.21 bits per heavy atom. The lowest BCUT2D eigenvalue weighted by molar-refractivity contribution is -1.08. The van der Waals surface area contributed by atoms with E-state index in [1.54, 1.807) is 36.1 Å². The number of piperazine rings is 3. The zero-order valence-corrected chi connectivity index (χ0v) is 26.5. The normalized spacial score (nSPS) is 31.0. The monoisotopic (exact) mass is 634 g/mol. The van der Waals surface area contributed by atoms with Crippen LogP contribution in [0.2, 0.25) is 0 Å². The standard InChI is InChI=1S/C30H39N4O5S2.ClH/c1-19-22(27(29(38)39)32-26(19)25(20(2)36)28(32)37)4-3-17-40-30-31-23-18-21(5-6-24(23)41-30)7-8-33-9-12-34(13-10-33,14-11-33)15-16-35;/h3-6,18-20,25-26,35-36H,7-17H2,1-2H3;1H/q+1;/p-1/b4-3+;/t19-,20+,25+,26+,33?,34?;/m0./s1. The molecule has 1 amide bonds. The number of hydrogen-bond donors (Lipinski definition) is 2. The van der Waals surface area contributed by atoms with E-state index in [0.29, 0.717) is 11.3 Å². The summed E-state index contributed by atoms with van der Waals surface area (Å²) in [7, 11) is 0. The van der Waals surface area contributed by atoms with Crippen LogP contribution in [-0.4, -0.2) is 118 Å². The lowest BCUT2D eigenvalue weighted by atomic mass is 9.78. The largest absolute Gasteiger partial charge is 1.00 e. The summed E-state index contributed by atoms with van der Waals surface area (Å²) >= 11 is 3.27. The molecule has 7 rings (SSSR count). The van der Waals surface area contributed by atoms with Crippen LogP contribution in [0.25, 0.3) is 10.2 Å². The lowest BCUT2D eigenvalue weighted by Gasteiger charge is -2.55. The molecule has 4 saturated heterocycles. The molecule has 0 spiro atoms. The van der Waals surface area contributed by atoms with Gasteiger partial charge in [0.1, 0.15) is 45.8 Å². The number of nitrogens with zero attached hydrogens (tertiary/aromatic N) is 4. The first kappa shape index (κ1) is 31.4. The van der Waals surface area contributed by atoms with Gasteiger partial charge < -0.3 is 46.4 Å². The molecule has 1 aromatic heterocycles. The molecule has 4 fully saturated rings. The molecule has 2 bridgehead atoms. The SMILES string of the molecule is C[C@@H](O)[C@H]1C(=O)N2C(C(=O)[O-])=C(/C=C/CSc3nc4cc(CC[N+]56CC[N+](CCO)(CC5)CC6)ccc4s3)[C@H](C)[C@H]12.[Cl-]. The van der Waals surface area contributed by atoms with E-state index in [9.17, 15) is 24.9 Å². The van der Waals surface area contributed by atoms with Crippen LogP contribution in [0.5, 0.6) is 0 Å². The molecule has 228 valence electrons. The van der Waals surface area contributed by atoms with Gasteiger partial charge in [-0.1, -0.05) is 36.9 Å². The number of carboxylic acids is 1. The molecule has 42 heavy (non-hydrogen) atoms. The summed E-state index contributed by atoms with van der Waals surface area (Å²) in [6, 6.07) is 6.29. The van der Waals surface area contributed by atoms with Gasteiger partial charge in [0.05, 0.1) is 53.1 Å². The second-order valence-electron chi connectivity index (χ2n) is 12.3. The summed E-state index contributed by atoms with van der Waals surface area (Å²) in [6.45, 7) is 13.0. The second kappa shape index (κ2) is 12.2. The maximum atomic E-state index is 12.5. The maximum absolute atomic E-state index is 12.5. The Bertz CT molecular complexity index is 1400. The van der Waals surface area contributed by atoms with Crippen molar-refractivity contribution >= 4 is 45.2 Å². The van der Waals surface area contributed by atoms with Gasteiger partial charge in [-0.05, 0) is 30.2 Å². The first-order valence-electron chi connectivity index (χ1n) is 14.6. The van der Waals surface area contributed by atoms with Crippen LogP contribution >= 0.6 is 23.1 Å². The van der Waals surface area contributed by atoms with Crippen molar-refractivity contribution in [1.29, 1.82) is 0 Å². The van der Waals surface area contributed by atoms with Crippen LogP contribution in [0.3, 0.4) is 0 Å². The van der Waals surface area contributed by atoms with Gasteiger partial charge in [0.15, 0.2) is 4.34 Å². The predicted molar refractivity (Wildman–Crippen MR) is 157 cm³/mol. The fraction of sp³-hybridized carbons (Fsp3) is 0.567. The molecule has 5 aliphatic rings. The first-order valence-corrected chi connectivity index (χ1v) is 16.4. The molecule has 2 N–H and O–H groups in total. The van der Waals surface area contributed by atoms with Crippen molar-refractivity contribution < 1.29 is 46.3 Å². The molecule has 1 aromatic carbocycles. The molecule has 0 saturated carbocycles. The number of thioether (sulfide) groups is 1. The average molecular weight is 635 g/mol. The minimum absolute atomic E-state index is 0. The Balaban J connectivity index is 0.00000353. The fourth-order valence-electron chi connectivity index (χ4n) is 7.46. The molecule has 6 heterocycles. The van der Waals surface area contributed by atoms with Crippen molar-refractivity contribution in [2.45, 2.75) is 36.8 Å². The Morgan fingerprint density at radius 2 is 1.88 bits per heavy atom. The fourth-order valence-corrected chi connectivity index (χ4v) is 9.34. The van der Waals surface area contributed by atoms with Crippen molar-refractivity contribution in [3.05, 3.63) is 47.2 Å². The van der Waals surface area contributed by atoms with Gasteiger partial charge >= 0.3 is 0 Å². The molecule has 0 unspecified atom stereocenters. The number of aliphatic hydroxyl groups is 2. The Morgan fingerprint density at radius 3 is 2.50 bits per heavy atom. The van der Waals surface area contributed by atoms with Crippen LogP contribution < -0.4 is 17.5 Å². The summed E-state index contributed by atoms with van der Waals surface area (Å²) in [5, 5.41) is 31.3. The van der Waals surface area contributed by atoms with Gasteiger partial charge in [0.25, 0.3) is 0 Å². The topological polar surface area (TPSA) is 114 Å². The second-order valence-corrected chi connectivity index (χ2v) is 14.6. The number of β-lactam (4-membered cyclic amide) rings is 1. The Hall–Kier alpha value is -1.99. The highest BCUT2D eigenvalue weighted by atomic mass is 35.5. The van der Waals surface area contributed by atoms with E-state index in [1.165, 1.54) is 54.2 Å². The molecular weight excluding hydrogens is 596 g/mol. The number of thiazole rings is 1. The number of amides is 1. The Kier molecular flexibility index (Phi) is 9.12. The zero-order chi connectivity index (χ0) is 28.9. The van der Waals surface area contributed by atoms with Crippen LogP contribution in [0.1, 0.15) is 19.4 Å². The van der Waals surface area contributed by atoms with E-state index >= 15 is 0 Å². The van der Waals surface area contributed by atoms with Gasteiger partial charge in [-0.3, -0.25) is 4.79 Å². The minimum Gasteiger partial charge on any atom is -1.00 e. The van der Waals surface area contributed by atoms with E-state index in [0.717, 1.165) is 38.5 Å². The summed E-state index contributed by atoms with van der Waals surface area (Å²) in [5.74, 6) is -1.85. The third kappa shape index (κ3) is 5.53. The van der Waals surface area contributed by atoms with Crippen molar-refractivity contribution in [1.82, 2.24) is 9.88 Å². The van der Waals surface area contributed by atoms with E-state index in [-0.39, 0.29) is 42.6 Å². The highest BCUT2D eigenvalue weighted by Crippen LogP contribution is 2.47. The van der Waals surface area contributed by atoms with E-state index in [4.69, 9.17) is 4.98 Å². The number of fused-ring (bicyclic) bond motifs is 5. The smallest absolute Gasteiger partial charge is 0.235 e. The molecule has 0 radical (unpaired) electrons. The number of aliphatic carboxylic acids is 1.